The SMILES string of the molecule is COCCCOc1cc(C(N)=O)cc2nc(N)n(C/C=C/Cn3c(N)nc4cc(C(N)=O)cc(OCCCO)c43)c12. The second kappa shape index (κ2) is 13.0. The highest BCUT2D eigenvalue weighted by atomic mass is 16.5. The largest absolute Gasteiger partial charge is 0.491 e. The first-order chi connectivity index (χ1) is 19.7. The molecule has 2 heterocycles. The summed E-state index contributed by atoms with van der Waals surface area (Å²) in [5, 5.41) is 9.14. The van der Waals surface area contributed by atoms with Crippen molar-refractivity contribution in [3.63, 3.8) is 0 Å². The summed E-state index contributed by atoms with van der Waals surface area (Å²) in [7, 11) is 1.61. The molecule has 0 unspecified atom stereocenters. The van der Waals surface area contributed by atoms with Gasteiger partial charge in [-0.25, -0.2) is 9.97 Å². The van der Waals surface area contributed by atoms with Gasteiger partial charge in [0.25, 0.3) is 0 Å². The normalized spacial score (nSPS) is 11.6. The number of aromatic nitrogens is 4. The summed E-state index contributed by atoms with van der Waals surface area (Å²) in [5.74, 6) is 0.0461. The Hall–Kier alpha value is -4.82. The Labute approximate surface area is 235 Å². The van der Waals surface area contributed by atoms with E-state index in [1.807, 2.05) is 12.2 Å². The second-order valence-electron chi connectivity index (χ2n) is 9.17. The fraction of sp³-hybridized carbons (Fsp3) is 0.333. The minimum Gasteiger partial charge on any atom is -0.491 e. The molecule has 9 N–H and O–H groups in total. The predicted molar refractivity (Wildman–Crippen MR) is 154 cm³/mol. The van der Waals surface area contributed by atoms with Crippen molar-refractivity contribution in [2.24, 2.45) is 11.5 Å². The van der Waals surface area contributed by atoms with E-state index >= 15 is 0 Å². The van der Waals surface area contributed by atoms with Crippen LogP contribution in [-0.4, -0.2) is 69.6 Å². The summed E-state index contributed by atoms with van der Waals surface area (Å²) in [5.41, 5.74) is 26.1. The molecule has 4 aromatic rings. The minimum absolute atomic E-state index is 0.0430. The number of anilines is 2. The molecule has 41 heavy (non-hydrogen) atoms. The summed E-state index contributed by atoms with van der Waals surface area (Å²) in [6.45, 7) is 1.73. The Bertz CT molecular complexity index is 1590. The number of carbonyl (C=O) groups is 2. The quantitative estimate of drug-likeness (QED) is 0.102. The highest BCUT2D eigenvalue weighted by Gasteiger charge is 2.18. The smallest absolute Gasteiger partial charge is 0.248 e. The molecule has 0 radical (unpaired) electrons. The zero-order valence-electron chi connectivity index (χ0n) is 22.7. The van der Waals surface area contributed by atoms with E-state index in [0.717, 1.165) is 0 Å². The molecule has 0 aliphatic carbocycles. The zero-order chi connectivity index (χ0) is 29.5. The molecule has 0 saturated heterocycles. The number of nitrogen functional groups attached to an aromatic ring is 2. The van der Waals surface area contributed by atoms with Crippen LogP contribution in [-0.2, 0) is 17.8 Å². The number of allylic oxidation sites excluding steroid dienone is 2. The highest BCUT2D eigenvalue weighted by molar-refractivity contribution is 5.99. The highest BCUT2D eigenvalue weighted by Crippen LogP contribution is 2.31. The number of rotatable bonds is 15. The third-order valence-corrected chi connectivity index (χ3v) is 6.29. The van der Waals surface area contributed by atoms with Gasteiger partial charge in [0, 0.05) is 57.4 Å². The first kappa shape index (κ1) is 29.2. The van der Waals surface area contributed by atoms with E-state index in [4.69, 9.17) is 42.3 Å². The molecule has 2 aromatic heterocycles. The molecule has 0 spiro atoms. The first-order valence-corrected chi connectivity index (χ1v) is 12.9. The number of primary amides is 2. The lowest BCUT2D eigenvalue weighted by Crippen LogP contribution is -2.12. The van der Waals surface area contributed by atoms with Gasteiger partial charge >= 0.3 is 0 Å². The Morgan fingerprint density at radius 2 is 1.27 bits per heavy atom. The number of nitrogens with two attached hydrogens (primary N) is 4. The van der Waals surface area contributed by atoms with Crippen molar-refractivity contribution in [1.29, 1.82) is 0 Å². The molecule has 0 aliphatic rings. The third-order valence-electron chi connectivity index (χ3n) is 6.29. The fourth-order valence-corrected chi connectivity index (χ4v) is 4.36. The van der Waals surface area contributed by atoms with E-state index in [2.05, 4.69) is 9.97 Å². The van der Waals surface area contributed by atoms with E-state index in [1.165, 1.54) is 6.07 Å². The maximum atomic E-state index is 11.9. The summed E-state index contributed by atoms with van der Waals surface area (Å²) < 4.78 is 20.4. The van der Waals surface area contributed by atoms with Crippen molar-refractivity contribution in [2.45, 2.75) is 25.9 Å². The maximum absolute atomic E-state index is 11.9. The molecule has 0 bridgehead atoms. The predicted octanol–water partition coefficient (Wildman–Crippen LogP) is 1.18. The van der Waals surface area contributed by atoms with Gasteiger partial charge in [0.15, 0.2) is 0 Å². The van der Waals surface area contributed by atoms with Gasteiger partial charge in [0.05, 0.1) is 24.2 Å². The van der Waals surface area contributed by atoms with Crippen LogP contribution in [0.1, 0.15) is 33.6 Å². The lowest BCUT2D eigenvalue weighted by Gasteiger charge is -2.12. The molecular weight excluding hydrogens is 532 g/mol. The third kappa shape index (κ3) is 6.50. The van der Waals surface area contributed by atoms with Crippen LogP contribution < -0.4 is 32.4 Å². The van der Waals surface area contributed by atoms with Crippen LogP contribution in [0, 0.1) is 0 Å². The van der Waals surface area contributed by atoms with Crippen molar-refractivity contribution >= 4 is 45.8 Å². The number of benzene rings is 2. The van der Waals surface area contributed by atoms with E-state index < -0.39 is 11.8 Å². The topological polar surface area (TPSA) is 222 Å². The Kier molecular flexibility index (Phi) is 9.26. The number of aliphatic hydroxyl groups is 1. The number of methoxy groups -OCH3 is 1. The molecule has 0 aliphatic heterocycles. The van der Waals surface area contributed by atoms with E-state index in [9.17, 15) is 9.59 Å². The summed E-state index contributed by atoms with van der Waals surface area (Å²) >= 11 is 0. The van der Waals surface area contributed by atoms with Gasteiger partial charge in [-0.1, -0.05) is 12.2 Å². The molecule has 0 saturated carbocycles. The zero-order valence-corrected chi connectivity index (χ0v) is 22.7. The number of carbonyl (C=O) groups excluding carboxylic acids is 2. The van der Waals surface area contributed by atoms with Crippen molar-refractivity contribution in [3.8, 4) is 11.5 Å². The van der Waals surface area contributed by atoms with Gasteiger partial charge < -0.3 is 51.4 Å². The van der Waals surface area contributed by atoms with Crippen molar-refractivity contribution < 1.29 is 28.9 Å². The number of aliphatic hydroxyl groups excluding tert-OH is 1. The number of imidazole rings is 2. The summed E-state index contributed by atoms with van der Waals surface area (Å²) in [4.78, 5) is 32.5. The van der Waals surface area contributed by atoms with Gasteiger partial charge in [-0.2, -0.15) is 0 Å². The average molecular weight is 567 g/mol. The summed E-state index contributed by atoms with van der Waals surface area (Å²) in [6, 6.07) is 6.25. The van der Waals surface area contributed by atoms with Crippen LogP contribution in [0.3, 0.4) is 0 Å². The van der Waals surface area contributed by atoms with E-state index in [1.54, 1.807) is 34.4 Å². The maximum Gasteiger partial charge on any atom is 0.248 e. The Balaban J connectivity index is 1.62. The lowest BCUT2D eigenvalue weighted by molar-refractivity contribution is 0.0991. The second-order valence-corrected chi connectivity index (χ2v) is 9.17. The molecular formula is C27H34N8O6. The lowest BCUT2D eigenvalue weighted by atomic mass is 10.1. The van der Waals surface area contributed by atoms with Gasteiger partial charge in [-0.3, -0.25) is 9.59 Å². The van der Waals surface area contributed by atoms with Gasteiger partial charge in [0.1, 0.15) is 22.5 Å². The Morgan fingerprint density at radius 1 is 0.805 bits per heavy atom. The number of hydrogen-bond donors (Lipinski definition) is 5. The number of fused-ring (bicyclic) bond motifs is 2. The fourth-order valence-electron chi connectivity index (χ4n) is 4.36. The van der Waals surface area contributed by atoms with Crippen molar-refractivity contribution in [1.82, 2.24) is 19.1 Å². The number of ether oxygens (including phenoxy) is 3. The van der Waals surface area contributed by atoms with Crippen LogP contribution in [0.15, 0.2) is 36.4 Å². The number of nitrogens with zero attached hydrogens (tertiary/aromatic N) is 4. The number of hydrogen-bond acceptors (Lipinski definition) is 10. The molecule has 218 valence electrons. The molecule has 2 amide bonds. The standard InChI is InChI=1S/C27H34N8O6/c1-39-9-5-11-41-21-15-17(25(29)38)13-19-23(21)35(27(31)33-19)7-3-2-6-34-22-18(32-26(34)30)12-16(24(28)37)14-20(22)40-10-4-8-36/h2-3,12-15,36H,4-11H2,1H3,(H2,28,37)(H2,29,38)(H2,30,32)(H2,31,33)/b3-2+. The Morgan fingerprint density at radius 3 is 1.68 bits per heavy atom. The van der Waals surface area contributed by atoms with E-state index in [-0.39, 0.29) is 36.2 Å². The van der Waals surface area contributed by atoms with E-state index in [0.29, 0.717) is 72.7 Å². The van der Waals surface area contributed by atoms with Crippen LogP contribution in [0.4, 0.5) is 11.9 Å². The molecule has 0 fully saturated rings. The van der Waals surface area contributed by atoms with Gasteiger partial charge in [-0.15, -0.1) is 0 Å². The molecule has 0 atom stereocenters. The van der Waals surface area contributed by atoms with Gasteiger partial charge in [-0.05, 0) is 24.3 Å². The van der Waals surface area contributed by atoms with Crippen LogP contribution in [0.5, 0.6) is 11.5 Å². The van der Waals surface area contributed by atoms with Crippen LogP contribution in [0.2, 0.25) is 0 Å². The first-order valence-electron chi connectivity index (χ1n) is 12.9. The van der Waals surface area contributed by atoms with Crippen molar-refractivity contribution in [3.05, 3.63) is 47.5 Å². The molecule has 4 rings (SSSR count). The molecule has 2 aromatic carbocycles. The van der Waals surface area contributed by atoms with Crippen molar-refractivity contribution in [2.75, 3.05) is 45.0 Å². The van der Waals surface area contributed by atoms with Crippen LogP contribution >= 0.6 is 0 Å². The molecule has 14 nitrogen and oxygen atoms in total. The monoisotopic (exact) mass is 566 g/mol. The van der Waals surface area contributed by atoms with Crippen LogP contribution in [0.25, 0.3) is 22.1 Å². The average Bonchev–Trinajstić information content (AvgIpc) is 3.43. The molecule has 14 heteroatoms. The summed E-state index contributed by atoms with van der Waals surface area (Å²) in [6.07, 6.45) is 4.81. The van der Waals surface area contributed by atoms with Gasteiger partial charge in [0.2, 0.25) is 23.7 Å². The minimum atomic E-state index is -0.623. The number of amides is 2.